The smallest absolute Gasteiger partial charge is 0.285 e. The van der Waals surface area contributed by atoms with Gasteiger partial charge in [0, 0.05) is 25.5 Å². The number of methoxy groups -OCH3 is 1. The van der Waals surface area contributed by atoms with Crippen LogP contribution < -0.4 is 9.46 Å². The van der Waals surface area contributed by atoms with Crippen molar-refractivity contribution in [3.05, 3.63) is 59.3 Å². The lowest BCUT2D eigenvalue weighted by Crippen LogP contribution is -2.31. The van der Waals surface area contributed by atoms with Crippen molar-refractivity contribution >= 4 is 27.5 Å². The molecule has 0 radical (unpaired) electrons. The number of rotatable bonds is 5. The second-order valence-corrected chi connectivity index (χ2v) is 7.68. The predicted molar refractivity (Wildman–Crippen MR) is 99.1 cm³/mol. The van der Waals surface area contributed by atoms with Crippen LogP contribution in [0.3, 0.4) is 0 Å². The van der Waals surface area contributed by atoms with Gasteiger partial charge in [0.25, 0.3) is 15.9 Å². The van der Waals surface area contributed by atoms with Gasteiger partial charge in [0.2, 0.25) is 0 Å². The molecule has 0 unspecified atom stereocenters. The highest BCUT2D eigenvalue weighted by Gasteiger charge is 2.25. The Morgan fingerprint density at radius 3 is 2.75 bits per heavy atom. The number of aryl methyl sites for hydroxylation is 1. The van der Waals surface area contributed by atoms with E-state index in [-0.39, 0.29) is 32.9 Å². The average molecular weight is 425 g/mol. The van der Waals surface area contributed by atoms with Crippen molar-refractivity contribution < 1.29 is 22.3 Å². The van der Waals surface area contributed by atoms with Crippen LogP contribution in [-0.4, -0.2) is 36.0 Å². The summed E-state index contributed by atoms with van der Waals surface area (Å²) in [5.41, 5.74) is -0.298. The molecule has 3 aromatic rings. The zero-order valence-corrected chi connectivity index (χ0v) is 16.3. The minimum atomic E-state index is -4.30. The Balaban J connectivity index is 1.92. The Morgan fingerprint density at radius 2 is 2.07 bits per heavy atom. The lowest BCUT2D eigenvalue weighted by Gasteiger charge is -2.09. The maximum absolute atomic E-state index is 13.9. The molecule has 1 amide bonds. The van der Waals surface area contributed by atoms with Crippen molar-refractivity contribution in [1.29, 1.82) is 0 Å². The monoisotopic (exact) mass is 424 g/mol. The quantitative estimate of drug-likeness (QED) is 0.674. The van der Waals surface area contributed by atoms with E-state index in [0.717, 1.165) is 0 Å². The number of halogens is 2. The number of amides is 1. The van der Waals surface area contributed by atoms with Crippen molar-refractivity contribution in [2.75, 3.05) is 7.11 Å². The fourth-order valence-corrected chi connectivity index (χ4v) is 3.87. The third-order valence-electron chi connectivity index (χ3n) is 3.73. The molecular formula is C17H14ClFN4O4S. The maximum Gasteiger partial charge on any atom is 0.285 e. The lowest BCUT2D eigenvalue weighted by atomic mass is 10.3. The molecule has 0 aliphatic heterocycles. The molecule has 0 spiro atoms. The van der Waals surface area contributed by atoms with E-state index in [1.807, 2.05) is 4.72 Å². The van der Waals surface area contributed by atoms with Gasteiger partial charge in [0.15, 0.2) is 11.6 Å². The number of benzene rings is 1. The van der Waals surface area contributed by atoms with Gasteiger partial charge in [-0.2, -0.15) is 0 Å². The number of sulfonamides is 1. The first-order valence-electron chi connectivity index (χ1n) is 7.78. The Labute approximate surface area is 165 Å². The molecule has 3 rings (SSSR count). The Morgan fingerprint density at radius 1 is 1.32 bits per heavy atom. The number of pyridine rings is 1. The Bertz CT molecular complexity index is 1160. The van der Waals surface area contributed by atoms with Gasteiger partial charge in [-0.25, -0.2) is 27.5 Å². The third kappa shape index (κ3) is 3.82. The van der Waals surface area contributed by atoms with Crippen LogP contribution in [0.5, 0.6) is 5.75 Å². The number of ether oxygens (including phenoxy) is 1. The summed E-state index contributed by atoms with van der Waals surface area (Å²) in [6.07, 6.45) is 2.64. The fraction of sp³-hybridized carbons (Fsp3) is 0.118. The van der Waals surface area contributed by atoms with Gasteiger partial charge < -0.3 is 9.30 Å². The average Bonchev–Trinajstić information content (AvgIpc) is 3.04. The summed E-state index contributed by atoms with van der Waals surface area (Å²) in [7, 11) is -1.40. The van der Waals surface area contributed by atoms with Crippen LogP contribution in [0, 0.1) is 5.82 Å². The molecule has 0 aliphatic rings. The molecule has 0 fully saturated rings. The highest BCUT2D eigenvalue weighted by atomic mass is 35.5. The summed E-state index contributed by atoms with van der Waals surface area (Å²) in [6.45, 7) is 0. The van der Waals surface area contributed by atoms with Crippen LogP contribution in [0.25, 0.3) is 11.5 Å². The molecule has 0 bridgehead atoms. The number of nitrogens with one attached hydrogen (secondary N) is 1. The van der Waals surface area contributed by atoms with Gasteiger partial charge in [0.05, 0.1) is 12.1 Å². The van der Waals surface area contributed by atoms with E-state index in [4.69, 9.17) is 16.3 Å². The van der Waals surface area contributed by atoms with Crippen LogP contribution in [0.1, 0.15) is 10.5 Å². The highest BCUT2D eigenvalue weighted by molar-refractivity contribution is 7.90. The molecule has 1 aromatic carbocycles. The Hall–Kier alpha value is -2.98. The van der Waals surface area contributed by atoms with Crippen molar-refractivity contribution in [2.45, 2.75) is 4.90 Å². The molecule has 2 aromatic heterocycles. The number of hydrogen-bond acceptors (Lipinski definition) is 6. The summed E-state index contributed by atoms with van der Waals surface area (Å²) in [5.74, 6) is -1.31. The van der Waals surface area contributed by atoms with Gasteiger partial charge in [-0.05, 0) is 24.3 Å². The second kappa shape index (κ2) is 7.56. The summed E-state index contributed by atoms with van der Waals surface area (Å²) >= 11 is 5.94. The van der Waals surface area contributed by atoms with Crippen molar-refractivity contribution in [1.82, 2.24) is 19.3 Å². The van der Waals surface area contributed by atoms with Crippen molar-refractivity contribution in [2.24, 2.45) is 7.05 Å². The molecule has 11 heteroatoms. The number of nitrogens with zero attached hydrogens (tertiary/aromatic N) is 3. The van der Waals surface area contributed by atoms with Gasteiger partial charge in [0.1, 0.15) is 22.0 Å². The summed E-state index contributed by atoms with van der Waals surface area (Å²) in [6, 6.07) is 6.62. The van der Waals surface area contributed by atoms with E-state index in [1.54, 1.807) is 0 Å². The molecule has 1 N–H and O–H groups in total. The summed E-state index contributed by atoms with van der Waals surface area (Å²) in [4.78, 5) is 20.0. The van der Waals surface area contributed by atoms with E-state index in [1.165, 1.54) is 61.5 Å². The molecule has 28 heavy (non-hydrogen) atoms. The molecule has 0 aliphatic carbocycles. The zero-order chi connectivity index (χ0) is 20.5. The number of carbonyl (C=O) groups excluding carboxylic acids is 1. The third-order valence-corrected chi connectivity index (χ3v) is 5.55. The molecule has 2 heterocycles. The highest BCUT2D eigenvalue weighted by Crippen LogP contribution is 2.26. The topological polar surface area (TPSA) is 103 Å². The van der Waals surface area contributed by atoms with E-state index in [9.17, 15) is 17.6 Å². The Kier molecular flexibility index (Phi) is 5.34. The largest absolute Gasteiger partial charge is 0.497 e. The minimum absolute atomic E-state index is 0.0669. The van der Waals surface area contributed by atoms with Crippen LogP contribution in [-0.2, 0) is 17.1 Å². The predicted octanol–water partition coefficient (Wildman–Crippen LogP) is 2.40. The van der Waals surface area contributed by atoms with Crippen molar-refractivity contribution in [3.63, 3.8) is 0 Å². The zero-order valence-electron chi connectivity index (χ0n) is 14.7. The molecule has 0 atom stereocenters. The van der Waals surface area contributed by atoms with E-state index >= 15 is 0 Å². The minimum Gasteiger partial charge on any atom is -0.497 e. The van der Waals surface area contributed by atoms with E-state index in [0.29, 0.717) is 0 Å². The molecule has 0 saturated heterocycles. The van der Waals surface area contributed by atoms with Crippen LogP contribution in [0.15, 0.2) is 47.6 Å². The summed E-state index contributed by atoms with van der Waals surface area (Å²) in [5, 5.41) is -0.0848. The van der Waals surface area contributed by atoms with E-state index in [2.05, 4.69) is 9.97 Å². The first-order chi connectivity index (χ1) is 13.2. The maximum atomic E-state index is 13.9. The van der Waals surface area contributed by atoms with Crippen LogP contribution in [0.4, 0.5) is 4.39 Å². The van der Waals surface area contributed by atoms with Gasteiger partial charge in [-0.15, -0.1) is 0 Å². The first kappa shape index (κ1) is 19.8. The standard InChI is InChI=1S/C17H14ClFN4O4S/c1-23-9-13(21-16(23)15-12(19)4-3-7-20-15)17(24)22-28(25,26)14-8-10(27-2)5-6-11(14)18/h3-9H,1-2H3,(H,22,24). The number of hydrogen-bond donors (Lipinski definition) is 1. The van der Waals surface area contributed by atoms with Gasteiger partial charge in [-0.1, -0.05) is 11.6 Å². The van der Waals surface area contributed by atoms with E-state index < -0.39 is 21.7 Å². The fourth-order valence-electron chi connectivity index (χ4n) is 2.39. The molecular weight excluding hydrogens is 411 g/mol. The second-order valence-electron chi connectivity index (χ2n) is 5.63. The number of imidazole rings is 1. The van der Waals surface area contributed by atoms with Crippen molar-refractivity contribution in [3.8, 4) is 17.3 Å². The molecule has 0 saturated carbocycles. The number of carbonyl (C=O) groups is 1. The normalized spacial score (nSPS) is 11.3. The van der Waals surface area contributed by atoms with Crippen LogP contribution >= 0.6 is 11.6 Å². The SMILES string of the molecule is COc1ccc(Cl)c(S(=O)(=O)NC(=O)c2cn(C)c(-c3ncccc3F)n2)c1. The number of aromatic nitrogens is 3. The molecule has 8 nitrogen and oxygen atoms in total. The summed E-state index contributed by atoms with van der Waals surface area (Å²) < 4.78 is 47.3. The molecule has 146 valence electrons. The lowest BCUT2D eigenvalue weighted by molar-refractivity contribution is 0.0977. The van der Waals surface area contributed by atoms with Gasteiger partial charge >= 0.3 is 0 Å². The van der Waals surface area contributed by atoms with Gasteiger partial charge in [-0.3, -0.25) is 4.79 Å². The first-order valence-corrected chi connectivity index (χ1v) is 9.64. The van der Waals surface area contributed by atoms with Crippen LogP contribution in [0.2, 0.25) is 5.02 Å².